The maximum atomic E-state index is 11.8. The van der Waals surface area contributed by atoms with E-state index in [-0.39, 0.29) is 28.8 Å². The molecular weight excluding hydrogens is 304 g/mol. The number of fused-ring (bicyclic) bond motifs is 1. The average Bonchev–Trinajstić information content (AvgIpc) is 2.92. The Morgan fingerprint density at radius 3 is 2.58 bits per heavy atom. The highest BCUT2D eigenvalue weighted by molar-refractivity contribution is 5.90. The van der Waals surface area contributed by atoms with Crippen molar-refractivity contribution in [2.75, 3.05) is 6.61 Å². The molecule has 24 heavy (non-hydrogen) atoms. The maximum absolute atomic E-state index is 11.8. The smallest absolute Gasteiger partial charge is 0.334 e. The molecule has 0 amide bonds. The third-order valence-electron chi connectivity index (χ3n) is 7.74. The van der Waals surface area contributed by atoms with E-state index >= 15 is 0 Å². The molecule has 0 spiro atoms. The lowest BCUT2D eigenvalue weighted by Gasteiger charge is -2.64. The van der Waals surface area contributed by atoms with Crippen molar-refractivity contribution in [2.24, 2.45) is 22.7 Å². The molecule has 5 atom stereocenters. The van der Waals surface area contributed by atoms with E-state index in [9.17, 15) is 15.0 Å². The fourth-order valence-electron chi connectivity index (χ4n) is 5.92. The van der Waals surface area contributed by atoms with Gasteiger partial charge in [0.05, 0.1) is 11.7 Å². The zero-order valence-corrected chi connectivity index (χ0v) is 15.5. The number of hydrogen-bond donors (Lipinski definition) is 2. The van der Waals surface area contributed by atoms with Crippen LogP contribution in [0.1, 0.15) is 66.2 Å². The molecule has 3 aliphatic rings. The molecule has 2 N–H and O–H groups in total. The molecule has 0 aromatic rings. The first-order chi connectivity index (χ1) is 11.1. The van der Waals surface area contributed by atoms with E-state index < -0.39 is 5.60 Å². The van der Waals surface area contributed by atoms with Gasteiger partial charge in [0.25, 0.3) is 0 Å². The largest absolute Gasteiger partial charge is 0.458 e. The van der Waals surface area contributed by atoms with Gasteiger partial charge in [-0.3, -0.25) is 0 Å². The minimum Gasteiger partial charge on any atom is -0.458 e. The molecule has 2 fully saturated rings. The predicted octanol–water partition coefficient (Wildman–Crippen LogP) is 3.21. The van der Waals surface area contributed by atoms with Crippen molar-refractivity contribution in [3.05, 3.63) is 11.6 Å². The summed E-state index contributed by atoms with van der Waals surface area (Å²) in [4.78, 5) is 11.7. The number of ether oxygens (including phenoxy) is 1. The van der Waals surface area contributed by atoms with Crippen molar-refractivity contribution in [3.8, 4) is 0 Å². The van der Waals surface area contributed by atoms with E-state index in [0.717, 1.165) is 25.7 Å². The Hall–Kier alpha value is -0.870. The van der Waals surface area contributed by atoms with Gasteiger partial charge in [-0.05, 0) is 61.9 Å². The molecule has 3 rings (SSSR count). The monoisotopic (exact) mass is 336 g/mol. The highest BCUT2D eigenvalue weighted by Gasteiger charge is 2.62. The molecule has 4 nitrogen and oxygen atoms in total. The van der Waals surface area contributed by atoms with Crippen molar-refractivity contribution in [1.29, 1.82) is 0 Å². The Bertz CT molecular complexity index is 552. The lowest BCUT2D eigenvalue weighted by Crippen LogP contribution is -2.64. The molecule has 0 aromatic carbocycles. The second-order valence-electron chi connectivity index (χ2n) is 9.08. The number of aliphatic hydroxyl groups excluding tert-OH is 1. The van der Waals surface area contributed by atoms with E-state index in [4.69, 9.17) is 4.74 Å². The van der Waals surface area contributed by atoms with Crippen molar-refractivity contribution < 1.29 is 19.7 Å². The van der Waals surface area contributed by atoms with Gasteiger partial charge in [-0.15, -0.1) is 0 Å². The standard InChI is InChI=1S/C20H32O4/c1-13-5-6-15-18(2,3)16(21)8-10-19(15,4)20(13,23)11-7-14-9-12-24-17(14)22/h9,13,15-16,21,23H,5-8,10-12H2,1-4H3. The van der Waals surface area contributed by atoms with Gasteiger partial charge >= 0.3 is 5.97 Å². The third-order valence-corrected chi connectivity index (χ3v) is 7.74. The van der Waals surface area contributed by atoms with Gasteiger partial charge in [-0.25, -0.2) is 4.79 Å². The fraction of sp³-hybridized carbons (Fsp3) is 0.850. The Labute approximate surface area is 145 Å². The molecule has 0 saturated heterocycles. The summed E-state index contributed by atoms with van der Waals surface area (Å²) in [6, 6.07) is 0. The molecule has 5 unspecified atom stereocenters. The van der Waals surface area contributed by atoms with E-state index in [1.807, 2.05) is 6.08 Å². The van der Waals surface area contributed by atoms with Crippen molar-refractivity contribution >= 4 is 5.97 Å². The topological polar surface area (TPSA) is 66.8 Å². The quantitative estimate of drug-likeness (QED) is 0.777. The highest BCUT2D eigenvalue weighted by Crippen LogP contribution is 2.63. The van der Waals surface area contributed by atoms with Gasteiger partial charge in [0.15, 0.2) is 0 Å². The first-order valence-electron chi connectivity index (χ1n) is 9.39. The van der Waals surface area contributed by atoms with Gasteiger partial charge in [-0.1, -0.05) is 27.7 Å². The number of aliphatic hydroxyl groups is 2. The Morgan fingerprint density at radius 1 is 1.25 bits per heavy atom. The lowest BCUT2D eigenvalue weighted by molar-refractivity contribution is -0.231. The van der Waals surface area contributed by atoms with Crippen LogP contribution in [0.15, 0.2) is 11.6 Å². The minimum absolute atomic E-state index is 0.188. The summed E-state index contributed by atoms with van der Waals surface area (Å²) < 4.78 is 5.00. The fourth-order valence-corrected chi connectivity index (χ4v) is 5.92. The maximum Gasteiger partial charge on any atom is 0.334 e. The van der Waals surface area contributed by atoms with Crippen molar-refractivity contribution in [1.82, 2.24) is 0 Å². The molecule has 0 bridgehead atoms. The summed E-state index contributed by atoms with van der Waals surface area (Å²) in [7, 11) is 0. The van der Waals surface area contributed by atoms with Gasteiger partial charge in [0.2, 0.25) is 0 Å². The zero-order valence-electron chi connectivity index (χ0n) is 15.5. The van der Waals surface area contributed by atoms with Gasteiger partial charge in [0.1, 0.15) is 6.61 Å². The normalized spacial score (nSPS) is 44.7. The van der Waals surface area contributed by atoms with Crippen LogP contribution in [-0.4, -0.2) is 34.5 Å². The van der Waals surface area contributed by atoms with Crippen molar-refractivity contribution in [2.45, 2.75) is 77.9 Å². The Morgan fingerprint density at radius 2 is 1.96 bits per heavy atom. The number of esters is 1. The van der Waals surface area contributed by atoms with E-state index in [0.29, 0.717) is 30.9 Å². The lowest BCUT2D eigenvalue weighted by atomic mass is 9.43. The number of cyclic esters (lactones) is 1. The molecule has 4 heteroatoms. The third kappa shape index (κ3) is 2.45. The van der Waals surface area contributed by atoms with Gasteiger partial charge < -0.3 is 14.9 Å². The second kappa shape index (κ2) is 5.84. The number of carbonyl (C=O) groups is 1. The molecule has 1 heterocycles. The molecule has 136 valence electrons. The molecule has 0 aromatic heterocycles. The van der Waals surface area contributed by atoms with Crippen LogP contribution in [0, 0.1) is 22.7 Å². The van der Waals surface area contributed by atoms with Gasteiger partial charge in [-0.2, -0.15) is 0 Å². The average molecular weight is 336 g/mol. The molecule has 2 saturated carbocycles. The molecule has 0 radical (unpaired) electrons. The highest BCUT2D eigenvalue weighted by atomic mass is 16.5. The van der Waals surface area contributed by atoms with Crippen LogP contribution in [0.3, 0.4) is 0 Å². The van der Waals surface area contributed by atoms with Crippen LogP contribution in [0.25, 0.3) is 0 Å². The summed E-state index contributed by atoms with van der Waals surface area (Å²) in [5, 5.41) is 22.3. The Kier molecular flexibility index (Phi) is 4.37. The predicted molar refractivity (Wildman–Crippen MR) is 92.2 cm³/mol. The van der Waals surface area contributed by atoms with Gasteiger partial charge in [0, 0.05) is 11.0 Å². The number of hydrogen-bond acceptors (Lipinski definition) is 4. The van der Waals surface area contributed by atoms with Crippen LogP contribution in [0.2, 0.25) is 0 Å². The van der Waals surface area contributed by atoms with Crippen molar-refractivity contribution in [3.63, 3.8) is 0 Å². The molecule has 2 aliphatic carbocycles. The summed E-state index contributed by atoms with van der Waals surface area (Å²) >= 11 is 0. The summed E-state index contributed by atoms with van der Waals surface area (Å²) in [5.41, 5.74) is -0.517. The van der Waals surface area contributed by atoms with E-state index in [1.165, 1.54) is 0 Å². The van der Waals surface area contributed by atoms with Crippen LogP contribution in [0.4, 0.5) is 0 Å². The zero-order chi connectivity index (χ0) is 17.8. The minimum atomic E-state index is -0.808. The van der Waals surface area contributed by atoms with Crippen LogP contribution >= 0.6 is 0 Å². The SMILES string of the molecule is CC1CCC2C(C)(C)C(O)CCC2(C)C1(O)CCC1=CCOC1=O. The first-order valence-corrected chi connectivity index (χ1v) is 9.39. The Balaban J connectivity index is 1.88. The van der Waals surface area contributed by atoms with E-state index in [1.54, 1.807) is 0 Å². The first kappa shape index (κ1) is 17.9. The van der Waals surface area contributed by atoms with Crippen LogP contribution < -0.4 is 0 Å². The number of carbonyl (C=O) groups excluding carboxylic acids is 1. The molecule has 1 aliphatic heterocycles. The molecular formula is C20H32O4. The van der Waals surface area contributed by atoms with Crippen LogP contribution in [0.5, 0.6) is 0 Å². The van der Waals surface area contributed by atoms with Crippen LogP contribution in [-0.2, 0) is 9.53 Å². The number of rotatable bonds is 3. The second-order valence-corrected chi connectivity index (χ2v) is 9.08. The summed E-state index contributed by atoms with van der Waals surface area (Å²) in [6.07, 6.45) is 6.30. The van der Waals surface area contributed by atoms with E-state index in [2.05, 4.69) is 27.7 Å². The summed E-state index contributed by atoms with van der Waals surface area (Å²) in [6.45, 7) is 9.00. The summed E-state index contributed by atoms with van der Waals surface area (Å²) in [5.74, 6) is 0.255.